The minimum absolute atomic E-state index is 0.0409. The molecule has 3 N–H and O–H groups in total. The summed E-state index contributed by atoms with van der Waals surface area (Å²) in [5.74, 6) is 0. The van der Waals surface area contributed by atoms with Crippen molar-refractivity contribution in [3.05, 3.63) is 28.8 Å². The topological polar surface area (TPSA) is 105 Å². The number of piperidine rings is 1. The number of urea groups is 1. The molecule has 0 radical (unpaired) electrons. The van der Waals surface area contributed by atoms with Crippen LogP contribution in [-0.4, -0.2) is 69.1 Å². The van der Waals surface area contributed by atoms with Crippen molar-refractivity contribution < 1.29 is 17.9 Å². The number of hydrogen-bond acceptors (Lipinski definition) is 5. The van der Waals surface area contributed by atoms with E-state index in [0.717, 1.165) is 6.42 Å². The number of rotatable bonds is 4. The summed E-state index contributed by atoms with van der Waals surface area (Å²) in [6.07, 6.45) is 1.41. The Balaban J connectivity index is 1.72. The Bertz CT molecular complexity index is 783. The number of ether oxygens (including phenoxy) is 1. The molecule has 2 amide bonds. The number of nitrogens with zero attached hydrogens (tertiary/aromatic N) is 2. The maximum Gasteiger partial charge on any atom is 0.317 e. The highest BCUT2D eigenvalue weighted by molar-refractivity contribution is 7.89. The molecule has 10 heteroatoms. The summed E-state index contributed by atoms with van der Waals surface area (Å²) in [4.78, 5) is 14.2. The number of nitrogens with two attached hydrogens (primary N) is 1. The lowest BCUT2D eigenvalue weighted by Crippen LogP contribution is -2.54. The Kier molecular flexibility index (Phi) is 6.59. The first-order valence-corrected chi connectivity index (χ1v) is 10.9. The van der Waals surface area contributed by atoms with Crippen molar-refractivity contribution in [2.45, 2.75) is 30.3 Å². The van der Waals surface area contributed by atoms with E-state index in [-0.39, 0.29) is 30.1 Å². The fraction of sp³-hybridized carbons (Fsp3) is 0.588. The van der Waals surface area contributed by atoms with Gasteiger partial charge in [0.1, 0.15) is 0 Å². The van der Waals surface area contributed by atoms with Gasteiger partial charge in [-0.15, -0.1) is 0 Å². The molecule has 8 nitrogen and oxygen atoms in total. The van der Waals surface area contributed by atoms with Crippen LogP contribution in [0.5, 0.6) is 0 Å². The molecular formula is C17H25ClN4O4S. The third-order valence-electron chi connectivity index (χ3n) is 4.91. The maximum atomic E-state index is 13.1. The van der Waals surface area contributed by atoms with Gasteiger partial charge in [-0.1, -0.05) is 17.7 Å². The smallest absolute Gasteiger partial charge is 0.317 e. The summed E-state index contributed by atoms with van der Waals surface area (Å²) in [6, 6.07) is 4.36. The van der Waals surface area contributed by atoms with Gasteiger partial charge in [-0.3, -0.25) is 0 Å². The third-order valence-corrected chi connectivity index (χ3v) is 7.21. The van der Waals surface area contributed by atoms with Crippen LogP contribution in [0.1, 0.15) is 18.4 Å². The van der Waals surface area contributed by atoms with E-state index >= 15 is 0 Å². The van der Waals surface area contributed by atoms with Crippen molar-refractivity contribution in [2.24, 2.45) is 5.73 Å². The van der Waals surface area contributed by atoms with Crippen LogP contribution >= 0.6 is 11.6 Å². The largest absolute Gasteiger partial charge is 0.378 e. The molecule has 2 fully saturated rings. The zero-order valence-corrected chi connectivity index (χ0v) is 16.6. The van der Waals surface area contributed by atoms with E-state index in [1.165, 1.54) is 10.4 Å². The van der Waals surface area contributed by atoms with Gasteiger partial charge in [-0.2, -0.15) is 4.31 Å². The van der Waals surface area contributed by atoms with Gasteiger partial charge in [0.2, 0.25) is 10.0 Å². The van der Waals surface area contributed by atoms with Gasteiger partial charge in [0.15, 0.2) is 0 Å². The highest BCUT2D eigenvalue weighted by Crippen LogP contribution is 2.28. The molecule has 1 atom stereocenters. The van der Waals surface area contributed by atoms with E-state index in [2.05, 4.69) is 5.32 Å². The lowest BCUT2D eigenvalue weighted by atomic mass is 10.1. The minimum Gasteiger partial charge on any atom is -0.378 e. The minimum atomic E-state index is -3.74. The highest BCUT2D eigenvalue weighted by Gasteiger charge is 2.33. The number of benzene rings is 1. The molecule has 0 spiro atoms. The standard InChI is InChI=1S/C17H25ClN4O4S/c18-15-4-1-5-16(14(15)11-19)27(24,25)22-6-2-3-13(12-22)20-17(23)21-7-9-26-10-8-21/h1,4-5,13H,2-3,6-12,19H2,(H,20,23)/t13-/m0/s1. The molecule has 0 saturated carbocycles. The summed E-state index contributed by atoms with van der Waals surface area (Å²) in [6.45, 7) is 2.81. The fourth-order valence-corrected chi connectivity index (χ4v) is 5.52. The van der Waals surface area contributed by atoms with E-state index in [9.17, 15) is 13.2 Å². The summed E-state index contributed by atoms with van der Waals surface area (Å²) >= 11 is 6.12. The molecule has 2 aliphatic heterocycles. The molecule has 1 aromatic carbocycles. The van der Waals surface area contributed by atoms with Crippen molar-refractivity contribution in [2.75, 3.05) is 39.4 Å². The highest BCUT2D eigenvalue weighted by atomic mass is 35.5. The Hall–Kier alpha value is -1.39. The van der Waals surface area contributed by atoms with Crippen LogP contribution in [-0.2, 0) is 21.3 Å². The zero-order chi connectivity index (χ0) is 19.4. The molecule has 2 heterocycles. The lowest BCUT2D eigenvalue weighted by molar-refractivity contribution is 0.0519. The first-order valence-electron chi connectivity index (χ1n) is 9.04. The number of carbonyl (C=O) groups is 1. The Morgan fingerprint density at radius 3 is 2.74 bits per heavy atom. The molecule has 0 unspecified atom stereocenters. The van der Waals surface area contributed by atoms with Gasteiger partial charge in [0.25, 0.3) is 0 Å². The molecule has 2 saturated heterocycles. The van der Waals surface area contributed by atoms with E-state index < -0.39 is 10.0 Å². The number of nitrogens with one attached hydrogen (secondary N) is 1. The number of halogens is 1. The van der Waals surface area contributed by atoms with E-state index in [4.69, 9.17) is 22.1 Å². The molecule has 27 heavy (non-hydrogen) atoms. The van der Waals surface area contributed by atoms with Gasteiger partial charge in [0, 0.05) is 49.4 Å². The van der Waals surface area contributed by atoms with Crippen molar-refractivity contribution in [1.82, 2.24) is 14.5 Å². The SMILES string of the molecule is NCc1c(Cl)cccc1S(=O)(=O)N1CCC[C@H](NC(=O)N2CCOCC2)C1. The van der Waals surface area contributed by atoms with Crippen molar-refractivity contribution >= 4 is 27.7 Å². The normalized spacial score (nSPS) is 21.9. The molecule has 1 aromatic rings. The van der Waals surface area contributed by atoms with Gasteiger partial charge in [-0.25, -0.2) is 13.2 Å². The molecule has 0 aromatic heterocycles. The number of hydrogen-bond donors (Lipinski definition) is 2. The number of morpholine rings is 1. The molecule has 2 aliphatic rings. The monoisotopic (exact) mass is 416 g/mol. The van der Waals surface area contributed by atoms with Crippen LogP contribution in [0.15, 0.2) is 23.1 Å². The summed E-state index contributed by atoms with van der Waals surface area (Å²) in [5, 5.41) is 3.30. The van der Waals surface area contributed by atoms with Gasteiger partial charge >= 0.3 is 6.03 Å². The predicted molar refractivity (Wildman–Crippen MR) is 102 cm³/mol. The number of amides is 2. The molecule has 0 aliphatic carbocycles. The average molecular weight is 417 g/mol. The second-order valence-corrected chi connectivity index (χ2v) is 8.99. The van der Waals surface area contributed by atoms with Crippen LogP contribution in [0.25, 0.3) is 0 Å². The van der Waals surface area contributed by atoms with E-state index in [1.807, 2.05) is 0 Å². The summed E-state index contributed by atoms with van der Waals surface area (Å²) in [5.41, 5.74) is 6.13. The van der Waals surface area contributed by atoms with Crippen LogP contribution in [0.3, 0.4) is 0 Å². The first kappa shape index (κ1) is 20.3. The number of carbonyl (C=O) groups excluding carboxylic acids is 1. The second-order valence-electron chi connectivity index (χ2n) is 6.67. The zero-order valence-electron chi connectivity index (χ0n) is 15.1. The Morgan fingerprint density at radius 1 is 1.30 bits per heavy atom. The van der Waals surface area contributed by atoms with Crippen molar-refractivity contribution in [3.63, 3.8) is 0 Å². The van der Waals surface area contributed by atoms with Gasteiger partial charge in [0.05, 0.1) is 18.1 Å². The fourth-order valence-electron chi connectivity index (χ4n) is 3.43. The summed E-state index contributed by atoms with van der Waals surface area (Å²) < 4.78 is 32.9. The molecule has 0 bridgehead atoms. The molecule has 150 valence electrons. The lowest BCUT2D eigenvalue weighted by Gasteiger charge is -2.35. The quantitative estimate of drug-likeness (QED) is 0.761. The van der Waals surface area contributed by atoms with Crippen molar-refractivity contribution in [1.29, 1.82) is 0 Å². The maximum absolute atomic E-state index is 13.1. The van der Waals surface area contributed by atoms with E-state index in [1.54, 1.807) is 17.0 Å². The average Bonchev–Trinajstić information content (AvgIpc) is 2.68. The van der Waals surface area contributed by atoms with Crippen LogP contribution in [0.2, 0.25) is 5.02 Å². The molecular weight excluding hydrogens is 392 g/mol. The molecule has 3 rings (SSSR count). The third kappa shape index (κ3) is 4.55. The van der Waals surface area contributed by atoms with Gasteiger partial charge < -0.3 is 20.7 Å². The van der Waals surface area contributed by atoms with Crippen molar-refractivity contribution in [3.8, 4) is 0 Å². The van der Waals surface area contributed by atoms with Crippen LogP contribution < -0.4 is 11.1 Å². The van der Waals surface area contributed by atoms with Crippen LogP contribution in [0.4, 0.5) is 4.79 Å². The predicted octanol–water partition coefficient (Wildman–Crippen LogP) is 0.994. The second kappa shape index (κ2) is 8.74. The Morgan fingerprint density at radius 2 is 2.04 bits per heavy atom. The van der Waals surface area contributed by atoms with Crippen LogP contribution in [0, 0.1) is 0 Å². The van der Waals surface area contributed by atoms with E-state index in [0.29, 0.717) is 49.9 Å². The Labute approximate surface area is 164 Å². The van der Waals surface area contributed by atoms with Gasteiger partial charge in [-0.05, 0) is 25.0 Å². The summed E-state index contributed by atoms with van der Waals surface area (Å²) in [7, 11) is -3.74. The first-order chi connectivity index (χ1) is 12.9. The number of sulfonamides is 1.